The first-order chi connectivity index (χ1) is 9.69. The minimum Gasteiger partial charge on any atom is -0.313 e. The predicted molar refractivity (Wildman–Crippen MR) is 72.4 cm³/mol. The molecule has 0 aromatic heterocycles. The highest BCUT2D eigenvalue weighted by Gasteiger charge is 2.38. The van der Waals surface area contributed by atoms with E-state index in [-0.39, 0.29) is 23.0 Å². The van der Waals surface area contributed by atoms with Gasteiger partial charge >= 0.3 is 6.18 Å². The Hall–Kier alpha value is -1.12. The molecule has 1 heterocycles. The monoisotopic (exact) mass is 322 g/mol. The van der Waals surface area contributed by atoms with Crippen LogP contribution in [0.1, 0.15) is 18.1 Å². The number of benzene rings is 1. The number of rotatable bonds is 4. The molecule has 0 radical (unpaired) electrons. The van der Waals surface area contributed by atoms with Crippen molar-refractivity contribution in [2.24, 2.45) is 0 Å². The molecule has 1 N–H and O–H groups in total. The molecule has 2 rings (SSSR count). The van der Waals surface area contributed by atoms with E-state index in [4.69, 9.17) is 0 Å². The number of likely N-dealkylation sites (N-methyl/N-ethyl adjacent to an activating group) is 1. The number of sulfonamides is 1. The van der Waals surface area contributed by atoms with E-state index in [0.717, 1.165) is 12.1 Å². The summed E-state index contributed by atoms with van der Waals surface area (Å²) >= 11 is 0. The van der Waals surface area contributed by atoms with Crippen LogP contribution in [0.3, 0.4) is 0 Å². The summed E-state index contributed by atoms with van der Waals surface area (Å²) in [6.07, 6.45) is -4.56. The van der Waals surface area contributed by atoms with Gasteiger partial charge in [0.1, 0.15) is 0 Å². The average molecular weight is 322 g/mol. The number of hydrogen-bond acceptors (Lipinski definition) is 3. The van der Waals surface area contributed by atoms with E-state index in [1.807, 2.05) is 0 Å². The van der Waals surface area contributed by atoms with Gasteiger partial charge in [-0.3, -0.25) is 0 Å². The van der Waals surface area contributed by atoms with Gasteiger partial charge in [-0.25, -0.2) is 8.42 Å². The molecular weight excluding hydrogens is 305 g/mol. The lowest BCUT2D eigenvalue weighted by Gasteiger charge is -2.37. The molecule has 0 bridgehead atoms. The Balaban J connectivity index is 2.49. The molecule has 0 amide bonds. The van der Waals surface area contributed by atoms with Crippen LogP contribution >= 0.6 is 0 Å². The summed E-state index contributed by atoms with van der Waals surface area (Å²) in [6, 6.07) is 3.06. The van der Waals surface area contributed by atoms with E-state index in [2.05, 4.69) is 5.32 Å². The van der Waals surface area contributed by atoms with Crippen LogP contribution in [0.15, 0.2) is 23.1 Å². The van der Waals surface area contributed by atoms with E-state index in [1.54, 1.807) is 6.92 Å². The molecular formula is C13H17F3N2O2S. The first kappa shape index (κ1) is 16.3. The molecule has 0 unspecified atom stereocenters. The van der Waals surface area contributed by atoms with Crippen molar-refractivity contribution >= 4 is 10.0 Å². The SMILES string of the molecule is CCN(C1CNC1)S(=O)(=O)c1cccc(C(F)(F)F)c1C. The Morgan fingerprint density at radius 2 is 1.95 bits per heavy atom. The molecule has 8 heteroatoms. The van der Waals surface area contributed by atoms with Gasteiger partial charge in [0.15, 0.2) is 0 Å². The third-order valence-corrected chi connectivity index (χ3v) is 5.83. The molecule has 1 aliphatic heterocycles. The van der Waals surface area contributed by atoms with Crippen molar-refractivity contribution in [2.75, 3.05) is 19.6 Å². The second-order valence-electron chi connectivity index (χ2n) is 4.95. The van der Waals surface area contributed by atoms with Crippen LogP contribution < -0.4 is 5.32 Å². The molecule has 4 nitrogen and oxygen atoms in total. The Kier molecular flexibility index (Phi) is 4.32. The van der Waals surface area contributed by atoms with Gasteiger partial charge in [-0.15, -0.1) is 0 Å². The van der Waals surface area contributed by atoms with E-state index in [0.29, 0.717) is 13.1 Å². The van der Waals surface area contributed by atoms with E-state index < -0.39 is 21.8 Å². The maximum absolute atomic E-state index is 12.9. The second-order valence-corrected chi connectivity index (χ2v) is 6.81. The zero-order valence-electron chi connectivity index (χ0n) is 11.7. The van der Waals surface area contributed by atoms with Crippen LogP contribution in [0, 0.1) is 6.92 Å². The Bertz CT molecular complexity index is 625. The molecule has 0 atom stereocenters. The zero-order valence-corrected chi connectivity index (χ0v) is 12.6. The minimum atomic E-state index is -4.56. The topological polar surface area (TPSA) is 49.4 Å². The third kappa shape index (κ3) is 2.93. The summed E-state index contributed by atoms with van der Waals surface area (Å²) in [6.45, 7) is 4.14. The van der Waals surface area contributed by atoms with E-state index in [1.165, 1.54) is 17.3 Å². The zero-order chi connectivity index (χ0) is 15.8. The quantitative estimate of drug-likeness (QED) is 0.922. The van der Waals surface area contributed by atoms with Crippen LogP contribution in [0.5, 0.6) is 0 Å². The number of alkyl halides is 3. The molecule has 21 heavy (non-hydrogen) atoms. The maximum atomic E-state index is 12.9. The predicted octanol–water partition coefficient (Wildman–Crippen LogP) is 2.00. The highest BCUT2D eigenvalue weighted by molar-refractivity contribution is 7.89. The number of nitrogens with zero attached hydrogens (tertiary/aromatic N) is 1. The second kappa shape index (κ2) is 5.58. The molecule has 1 aliphatic rings. The fraction of sp³-hybridized carbons (Fsp3) is 0.538. The molecule has 1 fully saturated rings. The van der Waals surface area contributed by atoms with Gasteiger partial charge in [0.25, 0.3) is 0 Å². The number of nitrogens with one attached hydrogen (secondary N) is 1. The molecule has 1 saturated heterocycles. The van der Waals surface area contributed by atoms with Crippen molar-refractivity contribution in [3.05, 3.63) is 29.3 Å². The van der Waals surface area contributed by atoms with Crippen LogP contribution in [0.4, 0.5) is 13.2 Å². The summed E-state index contributed by atoms with van der Waals surface area (Å²) in [5, 5.41) is 2.96. The number of hydrogen-bond donors (Lipinski definition) is 1. The van der Waals surface area contributed by atoms with Crippen LogP contribution in [-0.4, -0.2) is 38.4 Å². The summed E-state index contributed by atoms with van der Waals surface area (Å²) < 4.78 is 65.3. The summed E-state index contributed by atoms with van der Waals surface area (Å²) in [5.74, 6) is 0. The summed E-state index contributed by atoms with van der Waals surface area (Å²) in [5.41, 5.74) is -1.16. The van der Waals surface area contributed by atoms with Gasteiger partial charge in [0.2, 0.25) is 10.0 Å². The highest BCUT2D eigenvalue weighted by Crippen LogP contribution is 2.35. The van der Waals surface area contributed by atoms with Gasteiger partial charge in [0.05, 0.1) is 10.5 Å². The Morgan fingerprint density at radius 1 is 1.33 bits per heavy atom. The molecule has 0 saturated carbocycles. The van der Waals surface area contributed by atoms with Gasteiger partial charge in [-0.05, 0) is 24.6 Å². The Morgan fingerprint density at radius 3 is 2.38 bits per heavy atom. The lowest BCUT2D eigenvalue weighted by atomic mass is 10.1. The van der Waals surface area contributed by atoms with E-state index in [9.17, 15) is 21.6 Å². The standard InChI is InChI=1S/C13H17F3N2O2S/c1-3-18(10-7-17-8-10)21(19,20)12-6-4-5-11(9(12)2)13(14,15)16/h4-6,10,17H,3,7-8H2,1-2H3. The van der Waals surface area contributed by atoms with Gasteiger partial charge in [0, 0.05) is 25.7 Å². The van der Waals surface area contributed by atoms with Gasteiger partial charge < -0.3 is 5.32 Å². The summed E-state index contributed by atoms with van der Waals surface area (Å²) in [7, 11) is -3.93. The molecule has 1 aromatic carbocycles. The van der Waals surface area contributed by atoms with Crippen molar-refractivity contribution in [2.45, 2.75) is 31.0 Å². The molecule has 1 aromatic rings. The lowest BCUT2D eigenvalue weighted by molar-refractivity contribution is -0.138. The number of halogens is 3. The van der Waals surface area contributed by atoms with Gasteiger partial charge in [-0.2, -0.15) is 17.5 Å². The minimum absolute atomic E-state index is 0.200. The molecule has 118 valence electrons. The first-order valence-electron chi connectivity index (χ1n) is 6.59. The molecule has 0 aliphatic carbocycles. The highest BCUT2D eigenvalue weighted by atomic mass is 32.2. The van der Waals surface area contributed by atoms with Crippen LogP contribution in [0.25, 0.3) is 0 Å². The van der Waals surface area contributed by atoms with E-state index >= 15 is 0 Å². The van der Waals surface area contributed by atoms with Gasteiger partial charge in [-0.1, -0.05) is 13.0 Å². The first-order valence-corrected chi connectivity index (χ1v) is 8.03. The van der Waals surface area contributed by atoms with Crippen molar-refractivity contribution in [3.63, 3.8) is 0 Å². The fourth-order valence-corrected chi connectivity index (χ4v) is 4.31. The maximum Gasteiger partial charge on any atom is 0.416 e. The van der Waals surface area contributed by atoms with Crippen molar-refractivity contribution < 1.29 is 21.6 Å². The lowest BCUT2D eigenvalue weighted by Crippen LogP contribution is -2.58. The smallest absolute Gasteiger partial charge is 0.313 e. The third-order valence-electron chi connectivity index (χ3n) is 3.66. The van der Waals surface area contributed by atoms with Crippen molar-refractivity contribution in [1.29, 1.82) is 0 Å². The van der Waals surface area contributed by atoms with Crippen molar-refractivity contribution in [1.82, 2.24) is 9.62 Å². The van der Waals surface area contributed by atoms with Crippen LogP contribution in [-0.2, 0) is 16.2 Å². The largest absolute Gasteiger partial charge is 0.416 e. The summed E-state index contributed by atoms with van der Waals surface area (Å²) in [4.78, 5) is -0.272. The normalized spacial score (nSPS) is 17.0. The average Bonchev–Trinajstić information content (AvgIpc) is 2.31. The fourth-order valence-electron chi connectivity index (χ4n) is 2.43. The van der Waals surface area contributed by atoms with Crippen LogP contribution in [0.2, 0.25) is 0 Å². The molecule has 0 spiro atoms. The van der Waals surface area contributed by atoms with Crippen molar-refractivity contribution in [3.8, 4) is 0 Å². The Labute approximate surface area is 122 Å².